The first kappa shape index (κ1) is 22.9. The lowest BCUT2D eigenvalue weighted by atomic mass is 10.0. The number of benzene rings is 3. The molecule has 0 heterocycles. The molecule has 0 aromatic heterocycles. The van der Waals surface area contributed by atoms with Gasteiger partial charge in [-0.15, -0.1) is 0 Å². The van der Waals surface area contributed by atoms with Crippen LogP contribution < -0.4 is 10.1 Å². The summed E-state index contributed by atoms with van der Waals surface area (Å²) in [7, 11) is 1.59. The molecule has 0 saturated carbocycles. The summed E-state index contributed by atoms with van der Waals surface area (Å²) >= 11 is 15.4. The molecule has 3 aromatic carbocycles. The average Bonchev–Trinajstić information content (AvgIpc) is 2.76. The number of ether oxygens (including phenoxy) is 1. The third-order valence-corrected chi connectivity index (χ3v) is 6.02. The lowest BCUT2D eigenvalue weighted by Crippen LogP contribution is -2.13. The molecule has 4 nitrogen and oxygen atoms in total. The van der Waals surface area contributed by atoms with Gasteiger partial charge in [-0.25, -0.2) is 0 Å². The van der Waals surface area contributed by atoms with Gasteiger partial charge >= 0.3 is 0 Å². The third-order valence-electron chi connectivity index (χ3n) is 4.50. The van der Waals surface area contributed by atoms with Gasteiger partial charge in [0.1, 0.15) is 17.4 Å². The van der Waals surface area contributed by atoms with E-state index in [0.29, 0.717) is 33.5 Å². The Labute approximate surface area is 199 Å². The fourth-order valence-corrected chi connectivity index (χ4v) is 3.65. The highest BCUT2D eigenvalue weighted by Crippen LogP contribution is 2.28. The van der Waals surface area contributed by atoms with E-state index in [0.717, 1.165) is 15.6 Å². The Hall–Kier alpha value is -2.78. The predicted octanol–water partition coefficient (Wildman–Crippen LogP) is 6.90. The van der Waals surface area contributed by atoms with Gasteiger partial charge in [-0.1, -0.05) is 69.5 Å². The Balaban J connectivity index is 1.83. The van der Waals surface area contributed by atoms with Crippen LogP contribution in [-0.2, 0) is 11.2 Å². The van der Waals surface area contributed by atoms with Gasteiger partial charge in [-0.2, -0.15) is 5.26 Å². The largest absolute Gasteiger partial charge is 0.496 e. The number of methoxy groups -OCH3 is 1. The molecule has 1 amide bonds. The number of nitriles is 1. The Morgan fingerprint density at radius 2 is 1.87 bits per heavy atom. The first-order valence-electron chi connectivity index (χ1n) is 9.19. The molecule has 0 atom stereocenters. The van der Waals surface area contributed by atoms with Gasteiger partial charge in [0.15, 0.2) is 0 Å². The van der Waals surface area contributed by atoms with E-state index in [2.05, 4.69) is 21.2 Å². The van der Waals surface area contributed by atoms with Crippen molar-refractivity contribution in [2.24, 2.45) is 0 Å². The number of amides is 1. The van der Waals surface area contributed by atoms with Crippen LogP contribution in [-0.4, -0.2) is 13.0 Å². The van der Waals surface area contributed by atoms with Crippen LogP contribution in [0.1, 0.15) is 16.7 Å². The molecule has 1 N–H and O–H groups in total. The van der Waals surface area contributed by atoms with E-state index in [9.17, 15) is 10.1 Å². The summed E-state index contributed by atoms with van der Waals surface area (Å²) in [6.45, 7) is 0. The first-order valence-corrected chi connectivity index (χ1v) is 10.7. The molecule has 0 fully saturated rings. The summed E-state index contributed by atoms with van der Waals surface area (Å²) in [6, 6.07) is 20.2. The fourth-order valence-electron chi connectivity index (χ4n) is 2.93. The monoisotopic (exact) mass is 514 g/mol. The fraction of sp³-hybridized carbons (Fsp3) is 0.0833. The second-order valence-corrected chi connectivity index (χ2v) is 8.26. The maximum atomic E-state index is 12.5. The van der Waals surface area contributed by atoms with Gasteiger partial charge in [0.2, 0.25) is 0 Å². The van der Waals surface area contributed by atoms with Gasteiger partial charge in [0.05, 0.1) is 17.2 Å². The minimum absolute atomic E-state index is 0.0494. The molecule has 31 heavy (non-hydrogen) atoms. The minimum atomic E-state index is -0.544. The van der Waals surface area contributed by atoms with Crippen molar-refractivity contribution in [1.82, 2.24) is 0 Å². The molecule has 0 saturated heterocycles. The lowest BCUT2D eigenvalue weighted by Gasteiger charge is -2.11. The lowest BCUT2D eigenvalue weighted by molar-refractivity contribution is -0.112. The van der Waals surface area contributed by atoms with E-state index in [-0.39, 0.29) is 5.57 Å². The summed E-state index contributed by atoms with van der Waals surface area (Å²) < 4.78 is 6.56. The zero-order valence-corrected chi connectivity index (χ0v) is 19.6. The summed E-state index contributed by atoms with van der Waals surface area (Å²) in [5.41, 5.74) is 3.19. The molecule has 7 heteroatoms. The minimum Gasteiger partial charge on any atom is -0.496 e. The second kappa shape index (κ2) is 10.5. The standard InChI is InChI=1S/C24H17BrCl2N2O2/c1-31-23-11-15(6-7-17(23)12-16-4-2-3-5-20(16)25)10-18(14-28)24(30)29-19-8-9-21(26)22(27)13-19/h2-11,13H,12H2,1H3,(H,29,30)/b18-10+. The Morgan fingerprint density at radius 3 is 2.55 bits per heavy atom. The zero-order valence-electron chi connectivity index (χ0n) is 16.5. The van der Waals surface area contributed by atoms with Crippen molar-refractivity contribution < 1.29 is 9.53 Å². The van der Waals surface area contributed by atoms with Gasteiger partial charge in [-0.05, 0) is 53.1 Å². The van der Waals surface area contributed by atoms with Gasteiger partial charge in [0, 0.05) is 16.6 Å². The van der Waals surface area contributed by atoms with E-state index in [4.69, 9.17) is 27.9 Å². The number of nitrogens with one attached hydrogen (secondary N) is 1. The highest BCUT2D eigenvalue weighted by Gasteiger charge is 2.12. The number of rotatable bonds is 6. The number of anilines is 1. The van der Waals surface area contributed by atoms with E-state index in [1.54, 1.807) is 25.3 Å². The third kappa shape index (κ3) is 5.89. The van der Waals surface area contributed by atoms with Crippen LogP contribution in [0.15, 0.2) is 70.7 Å². The molecular weight excluding hydrogens is 499 g/mol. The molecule has 0 spiro atoms. The summed E-state index contributed by atoms with van der Waals surface area (Å²) in [6.07, 6.45) is 2.19. The molecule has 3 aromatic rings. The van der Waals surface area contributed by atoms with Crippen LogP contribution in [0.4, 0.5) is 5.69 Å². The van der Waals surface area contributed by atoms with Crippen LogP contribution >= 0.6 is 39.1 Å². The topological polar surface area (TPSA) is 62.1 Å². The molecule has 0 bridgehead atoms. The quantitative estimate of drug-likeness (QED) is 0.287. The molecule has 0 aliphatic rings. The van der Waals surface area contributed by atoms with Crippen LogP contribution in [0.25, 0.3) is 6.08 Å². The summed E-state index contributed by atoms with van der Waals surface area (Å²) in [5, 5.41) is 12.8. The smallest absolute Gasteiger partial charge is 0.266 e. The Morgan fingerprint density at radius 1 is 1.10 bits per heavy atom. The highest BCUT2D eigenvalue weighted by molar-refractivity contribution is 9.10. The Bertz CT molecular complexity index is 1200. The van der Waals surface area contributed by atoms with Crippen molar-refractivity contribution >= 4 is 56.8 Å². The number of halogens is 3. The maximum Gasteiger partial charge on any atom is 0.266 e. The van der Waals surface area contributed by atoms with E-state index in [1.807, 2.05) is 42.5 Å². The molecule has 3 rings (SSSR count). The van der Waals surface area contributed by atoms with Crippen LogP contribution in [0, 0.1) is 11.3 Å². The molecule has 0 radical (unpaired) electrons. The van der Waals surface area contributed by atoms with Crippen LogP contribution in [0.2, 0.25) is 10.0 Å². The SMILES string of the molecule is COc1cc(/C=C(\C#N)C(=O)Nc2ccc(Cl)c(Cl)c2)ccc1Cc1ccccc1Br. The zero-order chi connectivity index (χ0) is 22.4. The van der Waals surface area contributed by atoms with Crippen molar-refractivity contribution in [3.63, 3.8) is 0 Å². The molecular formula is C24H17BrCl2N2O2. The molecule has 0 aliphatic carbocycles. The summed E-state index contributed by atoms with van der Waals surface area (Å²) in [5.74, 6) is 0.129. The molecule has 0 aliphatic heterocycles. The second-order valence-electron chi connectivity index (χ2n) is 6.59. The van der Waals surface area contributed by atoms with Gasteiger partial charge in [0.25, 0.3) is 5.91 Å². The number of carbonyl (C=O) groups is 1. The van der Waals surface area contributed by atoms with Crippen LogP contribution in [0.5, 0.6) is 5.75 Å². The normalized spacial score (nSPS) is 11.0. The maximum absolute atomic E-state index is 12.5. The van der Waals surface area contributed by atoms with Crippen LogP contribution in [0.3, 0.4) is 0 Å². The average molecular weight is 516 g/mol. The van der Waals surface area contributed by atoms with Gasteiger partial charge in [-0.3, -0.25) is 4.79 Å². The first-order chi connectivity index (χ1) is 14.9. The van der Waals surface area contributed by atoms with Gasteiger partial charge < -0.3 is 10.1 Å². The van der Waals surface area contributed by atoms with Crippen molar-refractivity contribution in [3.05, 3.63) is 97.4 Å². The number of nitrogens with zero attached hydrogens (tertiary/aromatic N) is 1. The number of hydrogen-bond donors (Lipinski definition) is 1. The van der Waals surface area contributed by atoms with Crippen molar-refractivity contribution in [1.29, 1.82) is 5.26 Å². The van der Waals surface area contributed by atoms with Crippen molar-refractivity contribution in [2.45, 2.75) is 6.42 Å². The van der Waals surface area contributed by atoms with E-state index in [1.165, 1.54) is 12.1 Å². The Kier molecular flexibility index (Phi) is 7.75. The van der Waals surface area contributed by atoms with Crippen molar-refractivity contribution in [2.75, 3.05) is 12.4 Å². The number of carbonyl (C=O) groups excluding carboxylic acids is 1. The predicted molar refractivity (Wildman–Crippen MR) is 129 cm³/mol. The number of hydrogen-bond acceptors (Lipinski definition) is 3. The van der Waals surface area contributed by atoms with E-state index >= 15 is 0 Å². The molecule has 0 unspecified atom stereocenters. The summed E-state index contributed by atoms with van der Waals surface area (Å²) in [4.78, 5) is 12.5. The van der Waals surface area contributed by atoms with Crippen molar-refractivity contribution in [3.8, 4) is 11.8 Å². The molecule has 156 valence electrons. The van der Waals surface area contributed by atoms with E-state index < -0.39 is 5.91 Å². The highest BCUT2D eigenvalue weighted by atomic mass is 79.9.